The lowest BCUT2D eigenvalue weighted by atomic mass is 10.3. The summed E-state index contributed by atoms with van der Waals surface area (Å²) in [5, 5.41) is 6.46. The number of aromatic nitrogens is 3. The van der Waals surface area contributed by atoms with Crippen molar-refractivity contribution in [2.24, 2.45) is 0 Å². The number of nitrogens with one attached hydrogen (secondary N) is 1. The molecule has 0 saturated carbocycles. The summed E-state index contributed by atoms with van der Waals surface area (Å²) in [5.41, 5.74) is 0. The minimum Gasteiger partial charge on any atom is -0.493 e. The van der Waals surface area contributed by atoms with Crippen molar-refractivity contribution in [1.82, 2.24) is 20.1 Å². The molecule has 2 aromatic rings. The second-order valence-corrected chi connectivity index (χ2v) is 4.09. The number of rotatable bonds is 6. The van der Waals surface area contributed by atoms with E-state index in [1.807, 2.05) is 30.3 Å². The molecule has 0 fully saturated rings. The summed E-state index contributed by atoms with van der Waals surface area (Å²) >= 11 is 0. The molecule has 1 aromatic heterocycles. The van der Waals surface area contributed by atoms with Gasteiger partial charge in [0.1, 0.15) is 17.9 Å². The fourth-order valence-electron chi connectivity index (χ4n) is 1.58. The number of ether oxygens (including phenoxy) is 1. The molecule has 100 valence electrons. The van der Waals surface area contributed by atoms with Crippen LogP contribution in [0.4, 0.5) is 0 Å². The number of carbonyl (C=O) groups excluding carboxylic acids is 1. The van der Waals surface area contributed by atoms with Gasteiger partial charge in [-0.3, -0.25) is 9.89 Å². The van der Waals surface area contributed by atoms with Crippen LogP contribution in [0.15, 0.2) is 36.7 Å². The Bertz CT molecular complexity index is 499. The van der Waals surface area contributed by atoms with Crippen LogP contribution in [0.1, 0.15) is 12.2 Å². The number of amides is 1. The number of para-hydroxylation sites is 1. The van der Waals surface area contributed by atoms with Crippen LogP contribution >= 0.6 is 0 Å². The molecular formula is C13H16N4O2. The van der Waals surface area contributed by atoms with Crippen LogP contribution in [0, 0.1) is 0 Å². The highest BCUT2D eigenvalue weighted by molar-refractivity contribution is 5.75. The Hall–Kier alpha value is -2.37. The molecule has 2 rings (SSSR count). The van der Waals surface area contributed by atoms with Crippen molar-refractivity contribution in [2.45, 2.75) is 13.0 Å². The molecule has 0 aliphatic heterocycles. The van der Waals surface area contributed by atoms with Gasteiger partial charge in [-0.25, -0.2) is 4.98 Å². The average Bonchev–Trinajstić information content (AvgIpc) is 2.92. The summed E-state index contributed by atoms with van der Waals surface area (Å²) < 4.78 is 5.48. The maximum absolute atomic E-state index is 11.8. The number of nitrogens with zero attached hydrogens (tertiary/aromatic N) is 3. The Morgan fingerprint density at radius 2 is 2.16 bits per heavy atom. The molecule has 0 aliphatic rings. The molecule has 0 atom stereocenters. The Labute approximate surface area is 111 Å². The first kappa shape index (κ1) is 13.1. The van der Waals surface area contributed by atoms with Crippen LogP contribution in [0.25, 0.3) is 0 Å². The van der Waals surface area contributed by atoms with Gasteiger partial charge in [0.05, 0.1) is 19.6 Å². The van der Waals surface area contributed by atoms with E-state index in [0.29, 0.717) is 25.4 Å². The zero-order valence-corrected chi connectivity index (χ0v) is 10.7. The van der Waals surface area contributed by atoms with E-state index in [2.05, 4.69) is 15.2 Å². The van der Waals surface area contributed by atoms with Crippen molar-refractivity contribution in [3.63, 3.8) is 0 Å². The van der Waals surface area contributed by atoms with Crippen LogP contribution < -0.4 is 4.74 Å². The van der Waals surface area contributed by atoms with Gasteiger partial charge in [-0.1, -0.05) is 18.2 Å². The van der Waals surface area contributed by atoms with Crippen molar-refractivity contribution in [2.75, 3.05) is 13.7 Å². The Balaban J connectivity index is 1.72. The summed E-state index contributed by atoms with van der Waals surface area (Å²) in [4.78, 5) is 17.4. The monoisotopic (exact) mass is 260 g/mol. The standard InChI is InChI=1S/C13H16N4O2/c1-17(9-12-14-10-15-16-12)13(18)7-8-19-11-5-3-2-4-6-11/h2-6,10H,7-9H2,1H3,(H,14,15,16). The second-order valence-electron chi connectivity index (χ2n) is 4.09. The van der Waals surface area contributed by atoms with E-state index in [1.165, 1.54) is 6.33 Å². The number of aromatic amines is 1. The number of carbonyl (C=O) groups is 1. The number of hydrogen-bond acceptors (Lipinski definition) is 4. The second kappa shape index (κ2) is 6.53. The van der Waals surface area contributed by atoms with Crippen molar-refractivity contribution in [3.05, 3.63) is 42.5 Å². The molecule has 1 N–H and O–H groups in total. The predicted molar refractivity (Wildman–Crippen MR) is 69.4 cm³/mol. The molecule has 6 nitrogen and oxygen atoms in total. The first-order chi connectivity index (χ1) is 9.25. The van der Waals surface area contributed by atoms with Gasteiger partial charge in [0.25, 0.3) is 0 Å². The maximum Gasteiger partial charge on any atom is 0.226 e. The van der Waals surface area contributed by atoms with Gasteiger partial charge in [0.15, 0.2) is 0 Å². The third-order valence-electron chi connectivity index (χ3n) is 2.61. The molecule has 0 spiro atoms. The highest BCUT2D eigenvalue weighted by atomic mass is 16.5. The summed E-state index contributed by atoms with van der Waals surface area (Å²) in [5.74, 6) is 1.44. The van der Waals surface area contributed by atoms with Crippen molar-refractivity contribution in [1.29, 1.82) is 0 Å². The van der Waals surface area contributed by atoms with Crippen molar-refractivity contribution >= 4 is 5.91 Å². The number of benzene rings is 1. The molecule has 1 aromatic carbocycles. The van der Waals surface area contributed by atoms with Crippen LogP contribution in [0.3, 0.4) is 0 Å². The van der Waals surface area contributed by atoms with E-state index in [-0.39, 0.29) is 5.91 Å². The van der Waals surface area contributed by atoms with E-state index in [0.717, 1.165) is 5.75 Å². The Morgan fingerprint density at radius 3 is 2.84 bits per heavy atom. The largest absolute Gasteiger partial charge is 0.493 e. The van der Waals surface area contributed by atoms with Crippen molar-refractivity contribution < 1.29 is 9.53 Å². The smallest absolute Gasteiger partial charge is 0.226 e. The summed E-state index contributed by atoms with van der Waals surface area (Å²) in [6.07, 6.45) is 1.76. The third kappa shape index (κ3) is 4.09. The quantitative estimate of drug-likeness (QED) is 0.848. The average molecular weight is 260 g/mol. The molecule has 1 amide bonds. The zero-order valence-electron chi connectivity index (χ0n) is 10.7. The fraction of sp³-hybridized carbons (Fsp3) is 0.308. The van der Waals surface area contributed by atoms with Gasteiger partial charge in [0, 0.05) is 7.05 Å². The first-order valence-electron chi connectivity index (χ1n) is 6.02. The first-order valence-corrected chi connectivity index (χ1v) is 6.02. The number of hydrogen-bond donors (Lipinski definition) is 1. The molecule has 0 bridgehead atoms. The fourth-order valence-corrected chi connectivity index (χ4v) is 1.58. The van der Waals surface area contributed by atoms with Gasteiger partial charge in [-0.05, 0) is 12.1 Å². The molecule has 1 heterocycles. The molecule has 19 heavy (non-hydrogen) atoms. The summed E-state index contributed by atoms with van der Waals surface area (Å²) in [6, 6.07) is 9.44. The Morgan fingerprint density at radius 1 is 1.37 bits per heavy atom. The lowest BCUT2D eigenvalue weighted by Crippen LogP contribution is -2.28. The minimum absolute atomic E-state index is 0.00679. The third-order valence-corrected chi connectivity index (χ3v) is 2.61. The van der Waals surface area contributed by atoms with E-state index >= 15 is 0 Å². The van der Waals surface area contributed by atoms with Crippen molar-refractivity contribution in [3.8, 4) is 5.75 Å². The van der Waals surface area contributed by atoms with Gasteiger partial charge >= 0.3 is 0 Å². The van der Waals surface area contributed by atoms with E-state index < -0.39 is 0 Å². The molecule has 0 radical (unpaired) electrons. The molecule has 0 saturated heterocycles. The topological polar surface area (TPSA) is 71.1 Å². The van der Waals surface area contributed by atoms with Crippen LogP contribution in [0.5, 0.6) is 5.75 Å². The number of H-pyrrole nitrogens is 1. The lowest BCUT2D eigenvalue weighted by molar-refractivity contribution is -0.131. The molecular weight excluding hydrogens is 244 g/mol. The maximum atomic E-state index is 11.8. The minimum atomic E-state index is 0.00679. The van der Waals surface area contributed by atoms with E-state index in [4.69, 9.17) is 4.74 Å². The van der Waals surface area contributed by atoms with Gasteiger partial charge in [-0.15, -0.1) is 0 Å². The van der Waals surface area contributed by atoms with Gasteiger partial charge in [-0.2, -0.15) is 5.10 Å². The molecule has 0 unspecified atom stereocenters. The highest BCUT2D eigenvalue weighted by Crippen LogP contribution is 2.08. The SMILES string of the molecule is CN(Cc1ncn[nH]1)C(=O)CCOc1ccccc1. The van der Waals surface area contributed by atoms with Crippen LogP contribution in [0.2, 0.25) is 0 Å². The van der Waals surface area contributed by atoms with Crippen LogP contribution in [-0.4, -0.2) is 39.6 Å². The van der Waals surface area contributed by atoms with E-state index in [1.54, 1.807) is 11.9 Å². The Kier molecular flexibility index (Phi) is 4.49. The predicted octanol–water partition coefficient (Wildman–Crippen LogP) is 1.23. The molecule has 0 aliphatic carbocycles. The summed E-state index contributed by atoms with van der Waals surface area (Å²) in [6.45, 7) is 0.785. The normalized spacial score (nSPS) is 10.2. The van der Waals surface area contributed by atoms with Gasteiger partial charge < -0.3 is 9.64 Å². The highest BCUT2D eigenvalue weighted by Gasteiger charge is 2.10. The lowest BCUT2D eigenvalue weighted by Gasteiger charge is -2.15. The summed E-state index contributed by atoms with van der Waals surface area (Å²) in [7, 11) is 1.73. The zero-order chi connectivity index (χ0) is 13.5. The molecule has 6 heteroatoms. The van der Waals surface area contributed by atoms with E-state index in [9.17, 15) is 4.79 Å². The van der Waals surface area contributed by atoms with Crippen LogP contribution in [-0.2, 0) is 11.3 Å². The van der Waals surface area contributed by atoms with Gasteiger partial charge in [0.2, 0.25) is 5.91 Å².